The molecule has 0 amide bonds. The summed E-state index contributed by atoms with van der Waals surface area (Å²) in [4.78, 5) is 13.1. The summed E-state index contributed by atoms with van der Waals surface area (Å²) >= 11 is 3.01. The quantitative estimate of drug-likeness (QED) is 0.813. The molecule has 0 heterocycles. The van der Waals surface area contributed by atoms with Crippen molar-refractivity contribution in [1.82, 2.24) is 0 Å². The minimum absolute atomic E-state index is 0.331. The Hall–Kier alpha value is -1.31. The molecule has 0 unspecified atom stereocenters. The average Bonchev–Trinajstić information content (AvgIpc) is 2.21. The monoisotopic (exact) mass is 267 g/mol. The second kappa shape index (κ2) is 5.54. The van der Waals surface area contributed by atoms with Crippen molar-refractivity contribution in [3.63, 3.8) is 0 Å². The van der Waals surface area contributed by atoms with Crippen molar-refractivity contribution < 1.29 is 9.90 Å². The molecular weight excluding hydrogens is 258 g/mol. The van der Waals surface area contributed by atoms with Crippen LogP contribution < -0.4 is 5.73 Å². The minimum Gasteiger partial charge on any atom is -0.480 e. The Balaban J connectivity index is 2.71. The van der Waals surface area contributed by atoms with Crippen LogP contribution in [0.5, 0.6) is 0 Å². The topological polar surface area (TPSA) is 63.3 Å². The van der Waals surface area contributed by atoms with Gasteiger partial charge in [-0.3, -0.25) is 4.79 Å². The molecule has 0 saturated heterocycles. The maximum Gasteiger partial charge on any atom is 0.320 e. The molecule has 1 rings (SSSR count). The summed E-state index contributed by atoms with van der Waals surface area (Å²) in [5, 5.41) is 8.63. The first-order valence-electron chi connectivity index (χ1n) is 4.32. The van der Waals surface area contributed by atoms with Crippen molar-refractivity contribution in [2.24, 2.45) is 5.73 Å². The van der Waals surface area contributed by atoms with Crippen LogP contribution in [-0.4, -0.2) is 17.1 Å². The molecule has 0 radical (unpaired) electrons. The Bertz CT molecular complexity index is 403. The van der Waals surface area contributed by atoms with E-state index >= 15 is 0 Å². The third-order valence-electron chi connectivity index (χ3n) is 1.92. The number of hydrogen-bond donors (Lipinski definition) is 2. The van der Waals surface area contributed by atoms with Gasteiger partial charge in [0.1, 0.15) is 6.04 Å². The van der Waals surface area contributed by atoms with Gasteiger partial charge in [0.05, 0.1) is 0 Å². The van der Waals surface area contributed by atoms with Crippen LogP contribution in [0, 0.1) is 10.8 Å². The average molecular weight is 268 g/mol. The summed E-state index contributed by atoms with van der Waals surface area (Å²) in [5.74, 6) is 1.84. The van der Waals surface area contributed by atoms with E-state index in [1.807, 2.05) is 24.3 Å². The largest absolute Gasteiger partial charge is 0.480 e. The highest BCUT2D eigenvalue weighted by Crippen LogP contribution is 2.05. The van der Waals surface area contributed by atoms with Gasteiger partial charge < -0.3 is 10.8 Å². The molecule has 0 aliphatic rings. The second-order valence-corrected chi connectivity index (χ2v) is 3.46. The molecule has 1 aromatic carbocycles. The van der Waals surface area contributed by atoms with E-state index in [-0.39, 0.29) is 0 Å². The van der Waals surface area contributed by atoms with Crippen LogP contribution >= 0.6 is 15.9 Å². The number of aliphatic carboxylic acids is 1. The SMILES string of the molecule is N[C@@H](Cc1ccc(C#CBr)cc1)C(=O)O. The number of hydrogen-bond acceptors (Lipinski definition) is 2. The van der Waals surface area contributed by atoms with Gasteiger partial charge in [0.15, 0.2) is 0 Å². The third kappa shape index (κ3) is 3.74. The number of benzene rings is 1. The van der Waals surface area contributed by atoms with Crippen LogP contribution in [0.25, 0.3) is 0 Å². The highest BCUT2D eigenvalue weighted by Gasteiger charge is 2.11. The first kappa shape index (κ1) is 11.8. The lowest BCUT2D eigenvalue weighted by molar-refractivity contribution is -0.138. The molecule has 0 saturated carbocycles. The molecule has 78 valence electrons. The summed E-state index contributed by atoms with van der Waals surface area (Å²) in [5.41, 5.74) is 7.18. The van der Waals surface area contributed by atoms with Gasteiger partial charge in [-0.25, -0.2) is 0 Å². The van der Waals surface area contributed by atoms with Gasteiger partial charge in [-0.05, 0) is 28.9 Å². The van der Waals surface area contributed by atoms with Gasteiger partial charge >= 0.3 is 5.97 Å². The summed E-state index contributed by atoms with van der Waals surface area (Å²) in [6, 6.07) is 6.47. The third-order valence-corrected chi connectivity index (χ3v) is 2.12. The van der Waals surface area contributed by atoms with Crippen LogP contribution in [0.4, 0.5) is 0 Å². The molecule has 4 heteroatoms. The van der Waals surface area contributed by atoms with Crippen molar-refractivity contribution in [1.29, 1.82) is 0 Å². The van der Waals surface area contributed by atoms with Crippen molar-refractivity contribution in [3.05, 3.63) is 35.4 Å². The van der Waals surface area contributed by atoms with Crippen LogP contribution in [0.2, 0.25) is 0 Å². The molecule has 1 aromatic rings. The zero-order valence-corrected chi connectivity index (χ0v) is 9.49. The van der Waals surface area contributed by atoms with Gasteiger partial charge in [0.2, 0.25) is 0 Å². The molecule has 1 atom stereocenters. The van der Waals surface area contributed by atoms with Gasteiger partial charge in [-0.15, -0.1) is 0 Å². The predicted octanol–water partition coefficient (Wildman–Crippen LogP) is 1.34. The first-order valence-corrected chi connectivity index (χ1v) is 5.11. The molecule has 15 heavy (non-hydrogen) atoms. The molecule has 3 nitrogen and oxygen atoms in total. The van der Waals surface area contributed by atoms with E-state index in [1.165, 1.54) is 0 Å². The maximum atomic E-state index is 10.5. The molecule has 0 bridgehead atoms. The van der Waals surface area contributed by atoms with Crippen LogP contribution in [0.1, 0.15) is 11.1 Å². The van der Waals surface area contributed by atoms with E-state index in [2.05, 4.69) is 26.7 Å². The fourth-order valence-electron chi connectivity index (χ4n) is 1.12. The van der Waals surface area contributed by atoms with Crippen LogP contribution in [0.3, 0.4) is 0 Å². The van der Waals surface area contributed by atoms with Gasteiger partial charge in [-0.1, -0.05) is 18.1 Å². The van der Waals surface area contributed by atoms with Crippen LogP contribution in [-0.2, 0) is 11.2 Å². The van der Waals surface area contributed by atoms with Crippen molar-refractivity contribution in [3.8, 4) is 10.8 Å². The van der Waals surface area contributed by atoms with Crippen molar-refractivity contribution >= 4 is 21.9 Å². The Morgan fingerprint density at radius 3 is 2.53 bits per heavy atom. The van der Waals surface area contributed by atoms with Crippen LogP contribution in [0.15, 0.2) is 24.3 Å². The van der Waals surface area contributed by atoms with Crippen molar-refractivity contribution in [2.75, 3.05) is 0 Å². The van der Waals surface area contributed by atoms with E-state index in [1.54, 1.807) is 0 Å². The standard InChI is InChI=1S/C11H10BrNO2/c12-6-5-8-1-3-9(4-2-8)7-10(13)11(14)15/h1-4,10H,7,13H2,(H,14,15)/t10-/m0/s1. The number of carbonyl (C=O) groups is 1. The molecule has 0 fully saturated rings. The lowest BCUT2D eigenvalue weighted by Crippen LogP contribution is -2.32. The summed E-state index contributed by atoms with van der Waals surface area (Å²) in [6.07, 6.45) is 0.331. The molecule has 3 N–H and O–H groups in total. The predicted molar refractivity (Wildman–Crippen MR) is 61.6 cm³/mol. The molecule has 0 spiro atoms. The van der Waals surface area contributed by atoms with E-state index < -0.39 is 12.0 Å². The highest BCUT2D eigenvalue weighted by atomic mass is 79.9. The number of nitrogens with two attached hydrogens (primary N) is 1. The first-order chi connectivity index (χ1) is 7.13. The Labute approximate surface area is 96.4 Å². The molecule has 0 aromatic heterocycles. The number of carboxylic acid groups (broad SMARTS) is 1. The second-order valence-electron chi connectivity index (χ2n) is 3.07. The van der Waals surface area contributed by atoms with E-state index in [9.17, 15) is 4.79 Å². The van der Waals surface area contributed by atoms with Gasteiger partial charge in [0.25, 0.3) is 0 Å². The zero-order valence-electron chi connectivity index (χ0n) is 7.90. The fraction of sp³-hybridized carbons (Fsp3) is 0.182. The smallest absolute Gasteiger partial charge is 0.320 e. The maximum absolute atomic E-state index is 10.5. The van der Waals surface area contributed by atoms with Gasteiger partial charge in [0, 0.05) is 21.5 Å². The summed E-state index contributed by atoms with van der Waals surface area (Å²) in [7, 11) is 0. The van der Waals surface area contributed by atoms with Gasteiger partial charge in [-0.2, -0.15) is 0 Å². The summed E-state index contributed by atoms with van der Waals surface area (Å²) in [6.45, 7) is 0. The van der Waals surface area contributed by atoms with E-state index in [0.29, 0.717) is 6.42 Å². The van der Waals surface area contributed by atoms with E-state index in [4.69, 9.17) is 10.8 Å². The van der Waals surface area contributed by atoms with Crippen molar-refractivity contribution in [2.45, 2.75) is 12.5 Å². The normalized spacial score (nSPS) is 11.3. The van der Waals surface area contributed by atoms with E-state index in [0.717, 1.165) is 11.1 Å². The minimum atomic E-state index is -0.987. The lowest BCUT2D eigenvalue weighted by atomic mass is 10.1. The molecule has 0 aliphatic heterocycles. The molecular formula is C11H10BrNO2. The highest BCUT2D eigenvalue weighted by molar-refractivity contribution is 9.12. The Morgan fingerprint density at radius 1 is 1.47 bits per heavy atom. The lowest BCUT2D eigenvalue weighted by Gasteiger charge is -2.05. The zero-order chi connectivity index (χ0) is 11.3. The number of carboxylic acids is 1. The Kier molecular flexibility index (Phi) is 4.35. The Morgan fingerprint density at radius 2 is 2.07 bits per heavy atom. The molecule has 0 aliphatic carbocycles. The summed E-state index contributed by atoms with van der Waals surface area (Å²) < 4.78 is 0. The number of rotatable bonds is 3. The fourth-order valence-corrected chi connectivity index (χ4v) is 1.35. The number of halogens is 1.